The van der Waals surface area contributed by atoms with Crippen LogP contribution in [0, 0.1) is 0 Å². The molecule has 0 radical (unpaired) electrons. The van der Waals surface area contributed by atoms with E-state index >= 15 is 0 Å². The van der Waals surface area contributed by atoms with Crippen molar-refractivity contribution >= 4 is 26.7 Å². The number of thiazole rings is 1. The lowest BCUT2D eigenvalue weighted by atomic mass is 10.1. The highest BCUT2D eigenvalue weighted by Crippen LogP contribution is 2.31. The van der Waals surface area contributed by atoms with E-state index in [2.05, 4.69) is 80.8 Å². The Kier molecular flexibility index (Phi) is 5.90. The number of rotatable bonds is 7. The zero-order valence-corrected chi connectivity index (χ0v) is 18.6. The van der Waals surface area contributed by atoms with Gasteiger partial charge in [-0.1, -0.05) is 67.1 Å². The number of benzene rings is 2. The Morgan fingerprint density at radius 1 is 0.968 bits per heavy atom. The van der Waals surface area contributed by atoms with Gasteiger partial charge >= 0.3 is 0 Å². The zero-order valence-electron chi connectivity index (χ0n) is 17.8. The summed E-state index contributed by atoms with van der Waals surface area (Å²) in [6, 6.07) is 19.0. The van der Waals surface area contributed by atoms with Crippen molar-refractivity contribution in [3.05, 3.63) is 66.0 Å². The van der Waals surface area contributed by atoms with Crippen LogP contribution >= 0.6 is 11.3 Å². The van der Waals surface area contributed by atoms with Gasteiger partial charge in [0.2, 0.25) is 0 Å². The number of aromatic nitrogens is 5. The molecule has 2 aromatic heterocycles. The van der Waals surface area contributed by atoms with E-state index in [-0.39, 0.29) is 6.04 Å². The molecular formula is C23H27N7S. The van der Waals surface area contributed by atoms with Crippen molar-refractivity contribution in [3.63, 3.8) is 0 Å². The number of fused-ring (bicyclic) bond motifs is 1. The SMILES string of the molecule is CCC[C@H](c1nnnn1Cc1ccccc1)N1CCN(c2nc3ccccc3s2)CC1. The van der Waals surface area contributed by atoms with Gasteiger partial charge in [0.25, 0.3) is 0 Å². The van der Waals surface area contributed by atoms with Crippen molar-refractivity contribution in [2.45, 2.75) is 32.4 Å². The molecule has 0 aliphatic carbocycles. The lowest BCUT2D eigenvalue weighted by Gasteiger charge is -2.38. The van der Waals surface area contributed by atoms with Crippen LogP contribution in [0.1, 0.15) is 37.2 Å². The number of tetrazole rings is 1. The van der Waals surface area contributed by atoms with E-state index in [1.165, 1.54) is 10.3 Å². The van der Waals surface area contributed by atoms with Gasteiger partial charge in [-0.3, -0.25) is 4.90 Å². The maximum atomic E-state index is 4.84. The van der Waals surface area contributed by atoms with Gasteiger partial charge in [0.05, 0.1) is 22.8 Å². The summed E-state index contributed by atoms with van der Waals surface area (Å²) in [6.07, 6.45) is 2.15. The molecule has 7 nitrogen and oxygen atoms in total. The molecule has 31 heavy (non-hydrogen) atoms. The molecule has 0 amide bonds. The molecule has 0 N–H and O–H groups in total. The summed E-state index contributed by atoms with van der Waals surface area (Å²) >= 11 is 1.78. The molecule has 1 aliphatic heterocycles. The molecule has 160 valence electrons. The van der Waals surface area contributed by atoms with Crippen LogP contribution in [0.2, 0.25) is 0 Å². The number of anilines is 1. The quantitative estimate of drug-likeness (QED) is 0.439. The number of nitrogens with zero attached hydrogens (tertiary/aromatic N) is 7. The van der Waals surface area contributed by atoms with E-state index in [0.29, 0.717) is 6.54 Å². The summed E-state index contributed by atoms with van der Waals surface area (Å²) in [5.74, 6) is 0.971. The van der Waals surface area contributed by atoms with E-state index in [4.69, 9.17) is 4.98 Å². The number of hydrogen-bond donors (Lipinski definition) is 0. The van der Waals surface area contributed by atoms with Crippen molar-refractivity contribution in [3.8, 4) is 0 Å². The summed E-state index contributed by atoms with van der Waals surface area (Å²) in [5, 5.41) is 13.9. The first-order chi connectivity index (χ1) is 15.3. The van der Waals surface area contributed by atoms with Gasteiger partial charge < -0.3 is 4.90 Å². The molecule has 0 unspecified atom stereocenters. The Morgan fingerprint density at radius 2 is 1.74 bits per heavy atom. The summed E-state index contributed by atoms with van der Waals surface area (Å²) in [7, 11) is 0. The second kappa shape index (κ2) is 9.11. The molecule has 1 atom stereocenters. The fourth-order valence-electron chi connectivity index (χ4n) is 4.29. The molecule has 0 saturated carbocycles. The van der Waals surface area contributed by atoms with E-state index in [1.807, 2.05) is 10.7 Å². The highest BCUT2D eigenvalue weighted by atomic mass is 32.1. The minimum Gasteiger partial charge on any atom is -0.345 e. The molecule has 1 fully saturated rings. The average Bonchev–Trinajstić information content (AvgIpc) is 3.45. The average molecular weight is 434 g/mol. The molecule has 3 heterocycles. The molecule has 5 rings (SSSR count). The minimum atomic E-state index is 0.237. The third-order valence-corrected chi connectivity index (χ3v) is 7.00. The predicted octanol–water partition coefficient (Wildman–Crippen LogP) is 3.99. The molecule has 0 spiro atoms. The van der Waals surface area contributed by atoms with Gasteiger partial charge in [0, 0.05) is 26.2 Å². The third kappa shape index (κ3) is 4.31. The molecule has 8 heteroatoms. The normalized spacial score (nSPS) is 16.1. The fourth-order valence-corrected chi connectivity index (χ4v) is 5.31. The Hall–Kier alpha value is -2.84. The summed E-state index contributed by atoms with van der Waals surface area (Å²) in [6.45, 7) is 6.85. The summed E-state index contributed by atoms with van der Waals surface area (Å²) < 4.78 is 3.22. The largest absolute Gasteiger partial charge is 0.345 e. The Bertz CT molecular complexity index is 1080. The summed E-state index contributed by atoms with van der Waals surface area (Å²) in [5.41, 5.74) is 2.31. The van der Waals surface area contributed by atoms with Crippen LogP contribution in [0.15, 0.2) is 54.6 Å². The first kappa shape index (κ1) is 20.1. The molecule has 1 saturated heterocycles. The number of para-hydroxylation sites is 1. The maximum Gasteiger partial charge on any atom is 0.186 e. The lowest BCUT2D eigenvalue weighted by Crippen LogP contribution is -2.48. The number of piperazine rings is 1. The first-order valence-electron chi connectivity index (χ1n) is 11.0. The fraction of sp³-hybridized carbons (Fsp3) is 0.391. The smallest absolute Gasteiger partial charge is 0.186 e. The van der Waals surface area contributed by atoms with Gasteiger partial charge in [-0.2, -0.15) is 0 Å². The Labute approximate surface area is 186 Å². The van der Waals surface area contributed by atoms with Crippen molar-refractivity contribution in [2.75, 3.05) is 31.1 Å². The second-order valence-electron chi connectivity index (χ2n) is 7.97. The molecule has 2 aromatic carbocycles. The van der Waals surface area contributed by atoms with Crippen LogP contribution in [-0.4, -0.2) is 56.3 Å². The van der Waals surface area contributed by atoms with Crippen molar-refractivity contribution in [2.24, 2.45) is 0 Å². The summed E-state index contributed by atoms with van der Waals surface area (Å²) in [4.78, 5) is 9.80. The van der Waals surface area contributed by atoms with Crippen LogP contribution in [0.3, 0.4) is 0 Å². The van der Waals surface area contributed by atoms with Crippen LogP contribution in [0.5, 0.6) is 0 Å². The highest BCUT2D eigenvalue weighted by molar-refractivity contribution is 7.22. The van der Waals surface area contributed by atoms with Gasteiger partial charge in [-0.25, -0.2) is 9.67 Å². The van der Waals surface area contributed by atoms with Crippen molar-refractivity contribution < 1.29 is 0 Å². The predicted molar refractivity (Wildman–Crippen MR) is 124 cm³/mol. The molecular weight excluding hydrogens is 406 g/mol. The van der Waals surface area contributed by atoms with E-state index < -0.39 is 0 Å². The van der Waals surface area contributed by atoms with E-state index in [0.717, 1.165) is 55.5 Å². The topological polar surface area (TPSA) is 63.0 Å². The molecule has 4 aromatic rings. The Balaban J connectivity index is 1.30. The van der Waals surface area contributed by atoms with Crippen LogP contribution < -0.4 is 4.90 Å². The number of hydrogen-bond acceptors (Lipinski definition) is 7. The van der Waals surface area contributed by atoms with E-state index in [1.54, 1.807) is 11.3 Å². The minimum absolute atomic E-state index is 0.237. The van der Waals surface area contributed by atoms with Gasteiger partial charge in [0.1, 0.15) is 0 Å². The van der Waals surface area contributed by atoms with Gasteiger partial charge in [-0.05, 0) is 34.5 Å². The van der Waals surface area contributed by atoms with E-state index in [9.17, 15) is 0 Å². The highest BCUT2D eigenvalue weighted by Gasteiger charge is 2.29. The van der Waals surface area contributed by atoms with Crippen molar-refractivity contribution in [1.82, 2.24) is 30.1 Å². The van der Waals surface area contributed by atoms with Gasteiger partial charge in [0.15, 0.2) is 11.0 Å². The standard InChI is InChI=1S/C23H27N7S/c1-2-8-20(22-25-26-27-30(22)17-18-9-4-3-5-10-18)28-13-15-29(16-14-28)23-24-19-11-6-7-12-21(19)31-23/h3-7,9-12,20H,2,8,13-17H2,1H3/t20-/m1/s1. The second-order valence-corrected chi connectivity index (χ2v) is 8.98. The lowest BCUT2D eigenvalue weighted by molar-refractivity contribution is 0.164. The Morgan fingerprint density at radius 3 is 2.52 bits per heavy atom. The molecule has 0 bridgehead atoms. The monoisotopic (exact) mass is 433 g/mol. The molecule has 1 aliphatic rings. The van der Waals surface area contributed by atoms with Crippen LogP contribution in [0.25, 0.3) is 10.2 Å². The maximum absolute atomic E-state index is 4.84. The van der Waals surface area contributed by atoms with Crippen LogP contribution in [0.4, 0.5) is 5.13 Å². The van der Waals surface area contributed by atoms with Crippen molar-refractivity contribution in [1.29, 1.82) is 0 Å². The third-order valence-electron chi connectivity index (χ3n) is 5.90. The first-order valence-corrected chi connectivity index (χ1v) is 11.8. The van der Waals surface area contributed by atoms with Gasteiger partial charge in [-0.15, -0.1) is 5.10 Å². The zero-order chi connectivity index (χ0) is 21.0. The van der Waals surface area contributed by atoms with Crippen LogP contribution in [-0.2, 0) is 6.54 Å².